The Hall–Kier alpha value is -2.84. The zero-order chi connectivity index (χ0) is 21.3. The van der Waals surface area contributed by atoms with Gasteiger partial charge >= 0.3 is 0 Å². The van der Waals surface area contributed by atoms with E-state index in [4.69, 9.17) is 0 Å². The fraction of sp³-hybridized carbons (Fsp3) is 0.318. The van der Waals surface area contributed by atoms with Crippen molar-refractivity contribution in [3.8, 4) is 0 Å². The first-order valence-electron chi connectivity index (χ1n) is 9.97. The lowest BCUT2D eigenvalue weighted by molar-refractivity contribution is 0.0950. The summed E-state index contributed by atoms with van der Waals surface area (Å²) < 4.78 is 15.6. The van der Waals surface area contributed by atoms with E-state index in [0.29, 0.717) is 17.0 Å². The van der Waals surface area contributed by atoms with Crippen LogP contribution in [0.4, 0.5) is 4.39 Å². The maximum Gasteiger partial charge on any atom is 0.258 e. The Morgan fingerprint density at radius 2 is 2.17 bits per heavy atom. The lowest BCUT2D eigenvalue weighted by Gasteiger charge is -2.15. The van der Waals surface area contributed by atoms with Crippen molar-refractivity contribution in [2.24, 2.45) is 0 Å². The molecule has 1 amide bonds. The van der Waals surface area contributed by atoms with Crippen LogP contribution in [0, 0.1) is 5.82 Å². The summed E-state index contributed by atoms with van der Waals surface area (Å²) in [5.74, 6) is -1.07. The first-order valence-corrected chi connectivity index (χ1v) is 10.8. The monoisotopic (exact) mass is 426 g/mol. The van der Waals surface area contributed by atoms with Gasteiger partial charge in [0.25, 0.3) is 5.91 Å². The molecule has 1 saturated heterocycles. The van der Waals surface area contributed by atoms with Crippen LogP contribution in [0.15, 0.2) is 29.7 Å². The van der Waals surface area contributed by atoms with Gasteiger partial charge in [0.15, 0.2) is 0 Å². The highest BCUT2D eigenvalue weighted by atomic mass is 32.1. The predicted molar refractivity (Wildman–Crippen MR) is 120 cm³/mol. The van der Waals surface area contributed by atoms with Crippen LogP contribution < -0.4 is 10.7 Å². The Morgan fingerprint density at radius 1 is 1.40 bits per heavy atom. The second-order valence-corrected chi connectivity index (χ2v) is 8.26. The number of carbonyl (C=O) groups excluding carboxylic acids is 1. The highest BCUT2D eigenvalue weighted by Crippen LogP contribution is 2.30. The van der Waals surface area contributed by atoms with Gasteiger partial charge in [-0.3, -0.25) is 14.0 Å². The zero-order valence-electron chi connectivity index (χ0n) is 16.8. The molecule has 0 aromatic carbocycles. The number of fused-ring (bicyclic) bond motifs is 3. The van der Waals surface area contributed by atoms with Gasteiger partial charge in [-0.25, -0.2) is 9.37 Å². The molecule has 0 unspecified atom stereocenters. The maximum atomic E-state index is 13.9. The molecule has 1 aliphatic heterocycles. The number of thiazole rings is 1. The molecular formula is C22H23FN4O2S. The Balaban J connectivity index is 1.86. The van der Waals surface area contributed by atoms with Crippen molar-refractivity contribution in [1.82, 2.24) is 19.6 Å². The number of aromatic nitrogens is 2. The number of allylic oxidation sites excluding steroid dienone is 1. The van der Waals surface area contributed by atoms with Crippen molar-refractivity contribution in [3.05, 3.63) is 57.1 Å². The van der Waals surface area contributed by atoms with Gasteiger partial charge in [-0.15, -0.1) is 11.3 Å². The molecule has 1 N–H and O–H groups in total. The molecule has 4 heterocycles. The van der Waals surface area contributed by atoms with E-state index in [1.807, 2.05) is 19.1 Å². The summed E-state index contributed by atoms with van der Waals surface area (Å²) in [5, 5.41) is 2.95. The minimum absolute atomic E-state index is 0.0141. The Bertz CT molecular complexity index is 1220. The normalized spacial score (nSPS) is 14.9. The van der Waals surface area contributed by atoms with Gasteiger partial charge in [-0.05, 0) is 51.1 Å². The molecule has 0 spiro atoms. The van der Waals surface area contributed by atoms with Crippen LogP contribution in [0.3, 0.4) is 0 Å². The lowest BCUT2D eigenvalue weighted by atomic mass is 10.1. The predicted octanol–water partition coefficient (Wildman–Crippen LogP) is 3.55. The number of halogens is 1. The van der Waals surface area contributed by atoms with Crippen LogP contribution in [0.2, 0.25) is 0 Å². The van der Waals surface area contributed by atoms with Gasteiger partial charge in [0, 0.05) is 13.1 Å². The van der Waals surface area contributed by atoms with E-state index in [1.165, 1.54) is 24.2 Å². The van der Waals surface area contributed by atoms with Crippen LogP contribution in [-0.4, -0.2) is 46.4 Å². The summed E-state index contributed by atoms with van der Waals surface area (Å²) in [7, 11) is 0. The molecule has 0 aliphatic carbocycles. The number of nitrogens with one attached hydrogen (secondary N) is 1. The van der Waals surface area contributed by atoms with Crippen molar-refractivity contribution in [1.29, 1.82) is 0 Å². The molecule has 3 aromatic rings. The summed E-state index contributed by atoms with van der Waals surface area (Å²) in [6.45, 7) is 8.98. The van der Waals surface area contributed by atoms with Crippen molar-refractivity contribution >= 4 is 45.3 Å². The molecule has 0 atom stereocenters. The van der Waals surface area contributed by atoms with Crippen molar-refractivity contribution in [3.63, 3.8) is 0 Å². The summed E-state index contributed by atoms with van der Waals surface area (Å²) in [6, 6.07) is 1.14. The number of pyridine rings is 2. The van der Waals surface area contributed by atoms with E-state index < -0.39 is 17.2 Å². The molecule has 3 aromatic heterocycles. The van der Waals surface area contributed by atoms with Gasteiger partial charge in [0.05, 0.1) is 22.2 Å². The third kappa shape index (κ3) is 3.57. The standard InChI is InChI=1S/C22H23FN4O2S/c1-3-7-16-17(4-2)30-22-18(21(29)24-8-11-26-9-5-6-10-26)19(28)15-12-14(23)13-25-20(15)27(16)22/h3-4,7,12-13H,2,5-6,8-11H2,1H3,(H,24,29)/b7-3-. The number of likely N-dealkylation sites (tertiary alicyclic amines) is 1. The van der Waals surface area contributed by atoms with Gasteiger partial charge < -0.3 is 10.2 Å². The van der Waals surface area contributed by atoms with E-state index >= 15 is 0 Å². The van der Waals surface area contributed by atoms with Gasteiger partial charge in [-0.1, -0.05) is 12.7 Å². The summed E-state index contributed by atoms with van der Waals surface area (Å²) in [6.07, 6.45) is 8.83. The fourth-order valence-electron chi connectivity index (χ4n) is 3.89. The van der Waals surface area contributed by atoms with Crippen LogP contribution >= 0.6 is 11.3 Å². The first kappa shape index (κ1) is 20.4. The van der Waals surface area contributed by atoms with Crippen LogP contribution in [0.1, 0.15) is 40.7 Å². The Morgan fingerprint density at radius 3 is 2.87 bits per heavy atom. The topological polar surface area (TPSA) is 66.7 Å². The summed E-state index contributed by atoms with van der Waals surface area (Å²) in [4.78, 5) is 34.0. The second-order valence-electron chi connectivity index (χ2n) is 7.23. The van der Waals surface area contributed by atoms with Crippen LogP contribution in [0.5, 0.6) is 0 Å². The van der Waals surface area contributed by atoms with Crippen LogP contribution in [-0.2, 0) is 0 Å². The third-order valence-corrected chi connectivity index (χ3v) is 6.46. The Kier molecular flexibility index (Phi) is 5.78. The maximum absolute atomic E-state index is 13.9. The minimum Gasteiger partial charge on any atom is -0.351 e. The van der Waals surface area contributed by atoms with Crippen LogP contribution in [0.25, 0.3) is 28.0 Å². The van der Waals surface area contributed by atoms with Gasteiger partial charge in [0.1, 0.15) is 21.9 Å². The average molecular weight is 427 g/mol. The van der Waals surface area contributed by atoms with E-state index in [-0.39, 0.29) is 10.9 Å². The quantitative estimate of drug-likeness (QED) is 0.655. The molecule has 4 rings (SSSR count). The molecule has 0 bridgehead atoms. The number of rotatable bonds is 6. The molecule has 1 aliphatic rings. The molecule has 6 nitrogen and oxygen atoms in total. The fourth-order valence-corrected chi connectivity index (χ4v) is 5.01. The average Bonchev–Trinajstić information content (AvgIpc) is 3.37. The molecule has 156 valence electrons. The number of hydrogen-bond acceptors (Lipinski definition) is 5. The van der Waals surface area contributed by atoms with Gasteiger partial charge in [-0.2, -0.15) is 0 Å². The van der Waals surface area contributed by atoms with Crippen molar-refractivity contribution < 1.29 is 9.18 Å². The van der Waals surface area contributed by atoms with Crippen molar-refractivity contribution in [2.45, 2.75) is 19.8 Å². The van der Waals surface area contributed by atoms with E-state index in [2.05, 4.69) is 21.8 Å². The molecule has 1 fully saturated rings. The number of amides is 1. The van der Waals surface area contributed by atoms with E-state index in [9.17, 15) is 14.0 Å². The smallest absolute Gasteiger partial charge is 0.258 e. The molecule has 0 radical (unpaired) electrons. The first-order chi connectivity index (χ1) is 14.5. The molecular weight excluding hydrogens is 403 g/mol. The molecule has 30 heavy (non-hydrogen) atoms. The SMILES string of the molecule is C=Cc1sc2c(C(=O)NCCN3CCCC3)c(=O)c3cc(F)cnc3n2c1/C=C\C. The van der Waals surface area contributed by atoms with Gasteiger partial charge in [0.2, 0.25) is 5.43 Å². The van der Waals surface area contributed by atoms with E-state index in [0.717, 1.165) is 42.5 Å². The van der Waals surface area contributed by atoms with Crippen molar-refractivity contribution in [2.75, 3.05) is 26.2 Å². The Labute approximate surface area is 177 Å². The lowest BCUT2D eigenvalue weighted by Crippen LogP contribution is -2.35. The molecule has 0 saturated carbocycles. The second kappa shape index (κ2) is 8.49. The zero-order valence-corrected chi connectivity index (χ0v) is 17.6. The minimum atomic E-state index is -0.619. The third-order valence-electron chi connectivity index (χ3n) is 5.28. The number of carbonyl (C=O) groups is 1. The summed E-state index contributed by atoms with van der Waals surface area (Å²) >= 11 is 1.30. The van der Waals surface area contributed by atoms with E-state index in [1.54, 1.807) is 10.5 Å². The summed E-state index contributed by atoms with van der Waals surface area (Å²) in [5.41, 5.74) is 0.574. The number of hydrogen-bond donors (Lipinski definition) is 1. The highest BCUT2D eigenvalue weighted by molar-refractivity contribution is 7.18. The molecule has 8 heteroatoms. The largest absolute Gasteiger partial charge is 0.351 e. The number of nitrogens with zero attached hydrogens (tertiary/aromatic N) is 3. The highest BCUT2D eigenvalue weighted by Gasteiger charge is 2.24.